The third-order valence-electron chi connectivity index (χ3n) is 13.8. The van der Waals surface area contributed by atoms with E-state index in [1.54, 1.807) is 0 Å². The van der Waals surface area contributed by atoms with Crippen molar-refractivity contribution in [3.63, 3.8) is 0 Å². The standard InChI is InChI=1S/C63H38N2S/c1-2-11-39(12-3-1)45-26-28-61-57(33-45)58-37-55-52-19-9-8-18-51(52)54-34-46(50-20-10-17-42-29-30-66-63(42)50)25-27-53(54)56(55)38-62(58)65(61)49-35-59(47-23-21-40-13-4-6-15-43(40)31-47)64-60(36-49)48-24-22-41-14-5-7-16-44(41)32-48/h1-38H. The molecular formula is C63H38N2S. The summed E-state index contributed by atoms with van der Waals surface area (Å²) in [6.45, 7) is 0. The molecule has 0 radical (unpaired) electrons. The van der Waals surface area contributed by atoms with Crippen molar-refractivity contribution in [1.29, 1.82) is 0 Å². The average molecular weight is 855 g/mol. The van der Waals surface area contributed by atoms with E-state index in [1.165, 1.54) is 97.0 Å². The summed E-state index contributed by atoms with van der Waals surface area (Å²) in [6, 6.07) is 82.8. The van der Waals surface area contributed by atoms with Crippen LogP contribution < -0.4 is 0 Å². The van der Waals surface area contributed by atoms with Crippen molar-refractivity contribution >= 4 is 97.1 Å². The van der Waals surface area contributed by atoms with E-state index >= 15 is 0 Å². The van der Waals surface area contributed by atoms with Crippen molar-refractivity contribution in [3.8, 4) is 50.5 Å². The van der Waals surface area contributed by atoms with Gasteiger partial charge in [-0.3, -0.25) is 0 Å². The number of thiophene rings is 1. The minimum atomic E-state index is 0.933. The van der Waals surface area contributed by atoms with Gasteiger partial charge in [0, 0.05) is 26.6 Å². The number of hydrogen-bond donors (Lipinski definition) is 0. The Morgan fingerprint density at radius 2 is 0.864 bits per heavy atom. The number of fused-ring (bicyclic) bond motifs is 12. The second-order valence-corrected chi connectivity index (χ2v) is 18.4. The first kappa shape index (κ1) is 37.0. The van der Waals surface area contributed by atoms with E-state index < -0.39 is 0 Å². The van der Waals surface area contributed by atoms with Crippen LogP contribution in [0.15, 0.2) is 230 Å². The topological polar surface area (TPSA) is 17.8 Å². The number of hydrogen-bond acceptors (Lipinski definition) is 2. The quantitative estimate of drug-likeness (QED) is 0.158. The highest BCUT2D eigenvalue weighted by Crippen LogP contribution is 2.44. The van der Waals surface area contributed by atoms with Gasteiger partial charge in [-0.2, -0.15) is 0 Å². The lowest BCUT2D eigenvalue weighted by atomic mass is 9.91. The van der Waals surface area contributed by atoms with Gasteiger partial charge in [0.25, 0.3) is 0 Å². The lowest BCUT2D eigenvalue weighted by molar-refractivity contribution is 1.16. The van der Waals surface area contributed by atoms with Crippen LogP contribution in [0.2, 0.25) is 0 Å². The van der Waals surface area contributed by atoms with Crippen molar-refractivity contribution in [2.45, 2.75) is 0 Å². The molecule has 66 heavy (non-hydrogen) atoms. The highest BCUT2D eigenvalue weighted by Gasteiger charge is 2.20. The first-order valence-electron chi connectivity index (χ1n) is 22.6. The van der Waals surface area contributed by atoms with Crippen molar-refractivity contribution in [3.05, 3.63) is 230 Å². The third-order valence-corrected chi connectivity index (χ3v) is 14.7. The third kappa shape index (κ3) is 5.84. The Balaban J connectivity index is 1.08. The Morgan fingerprint density at radius 1 is 0.303 bits per heavy atom. The van der Waals surface area contributed by atoms with Gasteiger partial charge >= 0.3 is 0 Å². The summed E-state index contributed by atoms with van der Waals surface area (Å²) in [5.74, 6) is 0. The molecule has 0 spiro atoms. The fourth-order valence-corrected chi connectivity index (χ4v) is 11.5. The van der Waals surface area contributed by atoms with Gasteiger partial charge in [0.1, 0.15) is 0 Å². The van der Waals surface area contributed by atoms with E-state index in [0.717, 1.165) is 39.2 Å². The molecule has 0 aliphatic rings. The Morgan fingerprint density at radius 3 is 1.59 bits per heavy atom. The summed E-state index contributed by atoms with van der Waals surface area (Å²) in [4.78, 5) is 5.47. The van der Waals surface area contributed by atoms with E-state index in [4.69, 9.17) is 4.98 Å². The van der Waals surface area contributed by atoms with Gasteiger partial charge in [-0.1, -0.05) is 164 Å². The predicted molar refractivity (Wildman–Crippen MR) is 283 cm³/mol. The fraction of sp³-hybridized carbons (Fsp3) is 0. The Kier molecular flexibility index (Phi) is 8.19. The van der Waals surface area contributed by atoms with Crippen LogP contribution in [0.4, 0.5) is 0 Å². The molecule has 0 bridgehead atoms. The SMILES string of the molecule is c1ccc(-c2ccc3c(c2)c2cc4c5ccccc5c5cc(-c6cccc7ccsc67)ccc5c4cc2n3-c2cc(-c3ccc4ccccc4c3)nc(-c3ccc4ccccc4c3)c2)cc1. The first-order valence-corrected chi connectivity index (χ1v) is 23.5. The number of benzene rings is 11. The first-order chi connectivity index (χ1) is 32.7. The maximum atomic E-state index is 5.47. The van der Waals surface area contributed by atoms with Crippen LogP contribution in [0.25, 0.3) is 136 Å². The zero-order chi connectivity index (χ0) is 43.3. The number of pyridine rings is 1. The molecule has 11 aromatic carbocycles. The largest absolute Gasteiger partial charge is 0.309 e. The fourth-order valence-electron chi connectivity index (χ4n) is 10.6. The van der Waals surface area contributed by atoms with Gasteiger partial charge in [-0.15, -0.1) is 11.3 Å². The van der Waals surface area contributed by atoms with Crippen molar-refractivity contribution < 1.29 is 0 Å². The second kappa shape index (κ2) is 14.6. The average Bonchev–Trinajstić information content (AvgIpc) is 4.00. The highest BCUT2D eigenvalue weighted by atomic mass is 32.1. The molecule has 0 saturated carbocycles. The highest BCUT2D eigenvalue weighted by molar-refractivity contribution is 7.17. The van der Waals surface area contributed by atoms with Gasteiger partial charge < -0.3 is 4.57 Å². The van der Waals surface area contributed by atoms with E-state index in [2.05, 4.69) is 234 Å². The maximum Gasteiger partial charge on any atom is 0.0730 e. The molecule has 0 amide bonds. The zero-order valence-electron chi connectivity index (χ0n) is 35.7. The normalized spacial score (nSPS) is 11.9. The summed E-state index contributed by atoms with van der Waals surface area (Å²) in [6.07, 6.45) is 0. The van der Waals surface area contributed by atoms with E-state index in [0.29, 0.717) is 0 Å². The molecule has 14 rings (SSSR count). The van der Waals surface area contributed by atoms with Crippen LogP contribution in [0, 0.1) is 0 Å². The Bertz CT molecular complexity index is 4190. The second-order valence-electron chi connectivity index (χ2n) is 17.5. The number of nitrogens with zero attached hydrogens (tertiary/aromatic N) is 2. The summed E-state index contributed by atoms with van der Waals surface area (Å²) in [7, 11) is 0. The zero-order valence-corrected chi connectivity index (χ0v) is 36.6. The van der Waals surface area contributed by atoms with Crippen LogP contribution in [0.3, 0.4) is 0 Å². The van der Waals surface area contributed by atoms with Crippen molar-refractivity contribution in [2.75, 3.05) is 0 Å². The van der Waals surface area contributed by atoms with Crippen LogP contribution in [0.1, 0.15) is 0 Å². The predicted octanol–water partition coefficient (Wildman–Crippen LogP) is 17.8. The molecule has 0 aliphatic heterocycles. The summed E-state index contributed by atoms with van der Waals surface area (Å²) < 4.78 is 3.81. The monoisotopic (exact) mass is 854 g/mol. The molecular weight excluding hydrogens is 817 g/mol. The van der Waals surface area contributed by atoms with E-state index in [9.17, 15) is 0 Å². The number of rotatable bonds is 5. The van der Waals surface area contributed by atoms with Gasteiger partial charge in [0.05, 0.1) is 28.1 Å². The molecule has 2 nitrogen and oxygen atoms in total. The molecule has 3 aromatic heterocycles. The van der Waals surface area contributed by atoms with Crippen molar-refractivity contribution in [1.82, 2.24) is 9.55 Å². The molecule has 14 aromatic rings. The molecule has 0 unspecified atom stereocenters. The molecule has 0 fully saturated rings. The van der Waals surface area contributed by atoms with Crippen LogP contribution in [-0.4, -0.2) is 9.55 Å². The molecule has 0 saturated heterocycles. The lowest BCUT2D eigenvalue weighted by Crippen LogP contribution is -1.98. The summed E-state index contributed by atoms with van der Waals surface area (Å²) >= 11 is 1.82. The van der Waals surface area contributed by atoms with Gasteiger partial charge in [-0.25, -0.2) is 4.98 Å². The minimum absolute atomic E-state index is 0.933. The van der Waals surface area contributed by atoms with Crippen LogP contribution >= 0.6 is 11.3 Å². The van der Waals surface area contributed by atoms with Crippen LogP contribution in [0.5, 0.6) is 0 Å². The van der Waals surface area contributed by atoms with Gasteiger partial charge in [0.15, 0.2) is 0 Å². The molecule has 0 atom stereocenters. The maximum absolute atomic E-state index is 5.47. The van der Waals surface area contributed by atoms with Crippen LogP contribution in [-0.2, 0) is 0 Å². The van der Waals surface area contributed by atoms with E-state index in [1.807, 2.05) is 11.3 Å². The molecule has 0 aliphatic carbocycles. The molecule has 0 N–H and O–H groups in total. The van der Waals surface area contributed by atoms with Crippen molar-refractivity contribution in [2.24, 2.45) is 0 Å². The van der Waals surface area contributed by atoms with Gasteiger partial charge in [0.2, 0.25) is 0 Å². The summed E-state index contributed by atoms with van der Waals surface area (Å²) in [5.41, 5.74) is 12.3. The van der Waals surface area contributed by atoms with E-state index in [-0.39, 0.29) is 0 Å². The summed E-state index contributed by atoms with van der Waals surface area (Å²) in [5, 5.41) is 18.3. The molecule has 306 valence electrons. The Hall–Kier alpha value is -8.37. The minimum Gasteiger partial charge on any atom is -0.309 e. The smallest absolute Gasteiger partial charge is 0.0730 e. The molecule has 3 heterocycles. The Labute approximate surface area is 384 Å². The lowest BCUT2D eigenvalue weighted by Gasteiger charge is -2.15. The van der Waals surface area contributed by atoms with Gasteiger partial charge in [-0.05, 0) is 148 Å². The molecule has 3 heteroatoms. The number of aromatic nitrogens is 2.